The Morgan fingerprint density at radius 1 is 1.07 bits per heavy atom. The van der Waals surface area contributed by atoms with Crippen molar-refractivity contribution < 1.29 is 19.4 Å². The van der Waals surface area contributed by atoms with Crippen molar-refractivity contribution in [3.63, 3.8) is 0 Å². The second kappa shape index (κ2) is 7.43. The van der Waals surface area contributed by atoms with E-state index in [0.29, 0.717) is 18.7 Å². The van der Waals surface area contributed by atoms with Crippen molar-refractivity contribution in [3.05, 3.63) is 73.8 Å². The minimum Gasteiger partial charge on any atom is -0.341 e. The Hall–Kier alpha value is -3.82. The van der Waals surface area contributed by atoms with Crippen molar-refractivity contribution in [1.82, 2.24) is 5.32 Å². The van der Waals surface area contributed by atoms with Gasteiger partial charge in [0.2, 0.25) is 5.91 Å². The molecule has 28 heavy (non-hydrogen) atoms. The molecule has 1 aliphatic rings. The van der Waals surface area contributed by atoms with E-state index >= 15 is 0 Å². The average molecular weight is 384 g/mol. The molecule has 1 aliphatic heterocycles. The maximum atomic E-state index is 12.8. The van der Waals surface area contributed by atoms with Gasteiger partial charge in [0.1, 0.15) is 6.04 Å². The first-order valence-corrected chi connectivity index (χ1v) is 8.42. The van der Waals surface area contributed by atoms with Gasteiger partial charge in [-0.05, 0) is 25.0 Å². The Morgan fingerprint density at radius 2 is 1.75 bits per heavy atom. The Labute approximate surface area is 159 Å². The smallest absolute Gasteiger partial charge is 0.271 e. The Morgan fingerprint density at radius 3 is 2.43 bits per heavy atom. The summed E-state index contributed by atoms with van der Waals surface area (Å²) in [4.78, 5) is 47.2. The molecule has 0 radical (unpaired) electrons. The Balaban J connectivity index is 1.75. The highest BCUT2D eigenvalue weighted by Gasteiger charge is 2.30. The van der Waals surface area contributed by atoms with Crippen LogP contribution >= 0.6 is 0 Å². The molecule has 144 valence electrons. The number of hydrogen-bond acceptors (Lipinski definition) is 6. The third-order valence-corrected chi connectivity index (χ3v) is 4.48. The summed E-state index contributed by atoms with van der Waals surface area (Å²) in [6.45, 7) is 1.85. The van der Waals surface area contributed by atoms with E-state index in [1.165, 1.54) is 42.2 Å². The highest BCUT2D eigenvalue weighted by Crippen LogP contribution is 2.32. The first kappa shape index (κ1) is 19.0. The molecule has 2 amide bonds. The van der Waals surface area contributed by atoms with Crippen LogP contribution in [0.4, 0.5) is 17.1 Å². The lowest BCUT2D eigenvalue weighted by molar-refractivity contribution is -0.385. The van der Waals surface area contributed by atoms with Crippen molar-refractivity contribution in [2.75, 3.05) is 11.4 Å². The maximum absolute atomic E-state index is 12.8. The van der Waals surface area contributed by atoms with E-state index in [-0.39, 0.29) is 16.9 Å². The van der Waals surface area contributed by atoms with Crippen molar-refractivity contribution in [2.24, 2.45) is 0 Å². The molecule has 0 saturated carbocycles. The van der Waals surface area contributed by atoms with Crippen LogP contribution in [0.25, 0.3) is 0 Å². The number of nitrogens with zero attached hydrogens (tertiary/aromatic N) is 3. The van der Waals surface area contributed by atoms with Gasteiger partial charge in [-0.2, -0.15) is 0 Å². The van der Waals surface area contributed by atoms with Crippen LogP contribution in [0.3, 0.4) is 0 Å². The number of carbonyl (C=O) groups excluding carboxylic acids is 2. The quantitative estimate of drug-likeness (QED) is 0.620. The van der Waals surface area contributed by atoms with E-state index in [1.54, 1.807) is 6.07 Å². The lowest BCUT2D eigenvalue weighted by atomic mass is 10.1. The number of rotatable bonds is 5. The molecule has 0 fully saturated rings. The summed E-state index contributed by atoms with van der Waals surface area (Å²) in [5.74, 6) is -1.04. The average Bonchev–Trinajstić information content (AvgIpc) is 3.10. The lowest BCUT2D eigenvalue weighted by Gasteiger charge is -2.22. The molecule has 0 bridgehead atoms. The van der Waals surface area contributed by atoms with Crippen molar-refractivity contribution >= 4 is 28.9 Å². The number of amides is 2. The second-order valence-corrected chi connectivity index (χ2v) is 6.31. The molecule has 3 rings (SSSR count). The number of nitro groups is 2. The van der Waals surface area contributed by atoms with Crippen LogP contribution in [0, 0.1) is 20.2 Å². The summed E-state index contributed by atoms with van der Waals surface area (Å²) in [5, 5.41) is 24.3. The van der Waals surface area contributed by atoms with Crippen molar-refractivity contribution in [2.45, 2.75) is 19.4 Å². The molecule has 0 saturated heterocycles. The molecule has 10 nitrogen and oxygen atoms in total. The molecule has 1 unspecified atom stereocenters. The largest absolute Gasteiger partial charge is 0.341 e. The van der Waals surface area contributed by atoms with Gasteiger partial charge >= 0.3 is 0 Å². The first-order chi connectivity index (χ1) is 13.3. The molecule has 0 aromatic heterocycles. The zero-order valence-corrected chi connectivity index (χ0v) is 14.8. The van der Waals surface area contributed by atoms with Gasteiger partial charge in [-0.1, -0.05) is 12.1 Å². The van der Waals surface area contributed by atoms with E-state index in [4.69, 9.17) is 0 Å². The standard InChI is InChI=1S/C18H16N4O6/c1-11(19-17(23)13-3-2-4-14(9-13)21(25)26)18(24)20-8-7-12-5-6-15(22(27)28)10-16(12)20/h2-6,9-11H,7-8H2,1H3,(H,19,23). The van der Waals surface area contributed by atoms with Crippen LogP contribution in [0.15, 0.2) is 42.5 Å². The molecule has 10 heteroatoms. The van der Waals surface area contributed by atoms with Crippen molar-refractivity contribution in [3.8, 4) is 0 Å². The third kappa shape index (κ3) is 3.65. The van der Waals surface area contributed by atoms with Gasteiger partial charge in [0.25, 0.3) is 17.3 Å². The first-order valence-electron chi connectivity index (χ1n) is 8.42. The molecule has 1 heterocycles. The fourth-order valence-corrected chi connectivity index (χ4v) is 3.05. The molecule has 1 atom stereocenters. The molecule has 1 N–H and O–H groups in total. The van der Waals surface area contributed by atoms with Crippen LogP contribution in [0.2, 0.25) is 0 Å². The minimum absolute atomic E-state index is 0.0614. The number of hydrogen-bond donors (Lipinski definition) is 1. The van der Waals surface area contributed by atoms with E-state index in [0.717, 1.165) is 11.6 Å². The van der Waals surface area contributed by atoms with Gasteiger partial charge in [0, 0.05) is 36.4 Å². The summed E-state index contributed by atoms with van der Waals surface area (Å²) in [6.07, 6.45) is 0.560. The van der Waals surface area contributed by atoms with Gasteiger partial charge in [-0.15, -0.1) is 0 Å². The monoisotopic (exact) mass is 384 g/mol. The SMILES string of the molecule is CC(NC(=O)c1cccc([N+](=O)[O-])c1)C(=O)N1CCc2ccc([N+](=O)[O-])cc21. The Kier molecular flexibility index (Phi) is 5.03. The highest BCUT2D eigenvalue weighted by molar-refractivity contribution is 6.03. The number of fused-ring (bicyclic) bond motifs is 1. The number of nitro benzene ring substituents is 2. The summed E-state index contributed by atoms with van der Waals surface area (Å²) >= 11 is 0. The molecule has 0 spiro atoms. The van der Waals surface area contributed by atoms with E-state index < -0.39 is 27.7 Å². The molecular weight excluding hydrogens is 368 g/mol. The van der Waals surface area contributed by atoms with Gasteiger partial charge in [-0.25, -0.2) is 0 Å². The summed E-state index contributed by atoms with van der Waals surface area (Å²) in [5.41, 5.74) is 0.984. The second-order valence-electron chi connectivity index (χ2n) is 6.31. The van der Waals surface area contributed by atoms with Crippen LogP contribution in [0.5, 0.6) is 0 Å². The topological polar surface area (TPSA) is 136 Å². The number of benzene rings is 2. The van der Waals surface area contributed by atoms with Crippen LogP contribution in [-0.2, 0) is 11.2 Å². The van der Waals surface area contributed by atoms with Gasteiger partial charge in [-0.3, -0.25) is 29.8 Å². The molecule has 2 aromatic carbocycles. The zero-order valence-electron chi connectivity index (χ0n) is 14.8. The van der Waals surface area contributed by atoms with Crippen LogP contribution in [-0.4, -0.2) is 34.2 Å². The van der Waals surface area contributed by atoms with E-state index in [1.807, 2.05) is 0 Å². The number of anilines is 1. The fraction of sp³-hybridized carbons (Fsp3) is 0.222. The van der Waals surface area contributed by atoms with Crippen molar-refractivity contribution in [1.29, 1.82) is 0 Å². The number of nitrogens with one attached hydrogen (secondary N) is 1. The van der Waals surface area contributed by atoms with Gasteiger partial charge < -0.3 is 10.2 Å². The molecule has 0 aliphatic carbocycles. The Bertz CT molecular complexity index is 990. The minimum atomic E-state index is -0.919. The summed E-state index contributed by atoms with van der Waals surface area (Å²) < 4.78 is 0. The summed E-state index contributed by atoms with van der Waals surface area (Å²) in [7, 11) is 0. The van der Waals surface area contributed by atoms with Gasteiger partial charge in [0.15, 0.2) is 0 Å². The number of carbonyl (C=O) groups is 2. The van der Waals surface area contributed by atoms with E-state index in [2.05, 4.69) is 5.32 Å². The van der Waals surface area contributed by atoms with Crippen LogP contribution < -0.4 is 10.2 Å². The maximum Gasteiger partial charge on any atom is 0.271 e. The third-order valence-electron chi connectivity index (χ3n) is 4.48. The number of non-ortho nitro benzene ring substituents is 2. The fourth-order valence-electron chi connectivity index (χ4n) is 3.05. The highest BCUT2D eigenvalue weighted by atomic mass is 16.6. The normalized spacial score (nSPS) is 13.5. The predicted octanol–water partition coefficient (Wildman–Crippen LogP) is 2.21. The summed E-state index contributed by atoms with van der Waals surface area (Å²) in [6, 6.07) is 8.61. The van der Waals surface area contributed by atoms with E-state index in [9.17, 15) is 29.8 Å². The zero-order chi connectivity index (χ0) is 20.4. The van der Waals surface area contributed by atoms with Crippen LogP contribution in [0.1, 0.15) is 22.8 Å². The lowest BCUT2D eigenvalue weighted by Crippen LogP contribution is -2.46. The van der Waals surface area contributed by atoms with Gasteiger partial charge in [0.05, 0.1) is 15.5 Å². The molecule has 2 aromatic rings. The predicted molar refractivity (Wildman–Crippen MR) is 99.2 cm³/mol. The molecular formula is C18H16N4O6.